The van der Waals surface area contributed by atoms with E-state index >= 15 is 0 Å². The lowest BCUT2D eigenvalue weighted by atomic mass is 9.88. The molecule has 0 fully saturated rings. The Morgan fingerprint density at radius 1 is 1.06 bits per heavy atom. The van der Waals surface area contributed by atoms with Crippen molar-refractivity contribution < 1.29 is 0 Å². The maximum atomic E-state index is 3.60. The zero-order valence-electron chi connectivity index (χ0n) is 12.5. The molecular formula is C17H29N. The van der Waals surface area contributed by atoms with Crippen LogP contribution in [-0.2, 0) is 0 Å². The number of nitrogens with one attached hydrogen (secondary N) is 1. The van der Waals surface area contributed by atoms with Crippen molar-refractivity contribution >= 4 is 0 Å². The molecule has 0 saturated carbocycles. The summed E-state index contributed by atoms with van der Waals surface area (Å²) in [5.41, 5.74) is 1.90. The first-order chi connectivity index (χ1) is 8.53. The van der Waals surface area contributed by atoms with Crippen LogP contribution in [0.25, 0.3) is 0 Å². The topological polar surface area (TPSA) is 12.0 Å². The summed E-state index contributed by atoms with van der Waals surface area (Å²) in [5, 5.41) is 3.60. The van der Waals surface area contributed by atoms with Gasteiger partial charge in [0.05, 0.1) is 0 Å². The SMILES string of the molecule is CCNC(CCCCC(C)(C)C)c1ccccc1. The van der Waals surface area contributed by atoms with Crippen molar-refractivity contribution in [2.75, 3.05) is 6.54 Å². The minimum absolute atomic E-state index is 0.473. The molecule has 0 heterocycles. The predicted octanol–water partition coefficient (Wildman–Crippen LogP) is 4.94. The molecule has 18 heavy (non-hydrogen) atoms. The maximum absolute atomic E-state index is 3.60. The van der Waals surface area contributed by atoms with Crippen LogP contribution in [0.15, 0.2) is 30.3 Å². The largest absolute Gasteiger partial charge is 0.310 e. The van der Waals surface area contributed by atoms with Gasteiger partial charge in [0.1, 0.15) is 0 Å². The van der Waals surface area contributed by atoms with Crippen LogP contribution in [-0.4, -0.2) is 6.54 Å². The van der Waals surface area contributed by atoms with Crippen LogP contribution in [0.4, 0.5) is 0 Å². The highest BCUT2D eigenvalue weighted by Gasteiger charge is 2.12. The summed E-state index contributed by atoms with van der Waals surface area (Å²) in [5.74, 6) is 0. The molecule has 1 rings (SSSR count). The van der Waals surface area contributed by atoms with Crippen molar-refractivity contribution in [2.45, 2.75) is 59.4 Å². The standard InChI is InChI=1S/C17H29N/c1-5-18-16(15-11-7-6-8-12-15)13-9-10-14-17(2,3)4/h6-8,11-12,16,18H,5,9-10,13-14H2,1-4H3. The van der Waals surface area contributed by atoms with Gasteiger partial charge in [-0.1, -0.05) is 70.9 Å². The molecule has 0 aliphatic rings. The number of benzene rings is 1. The minimum Gasteiger partial charge on any atom is -0.310 e. The van der Waals surface area contributed by atoms with Crippen molar-refractivity contribution in [1.29, 1.82) is 0 Å². The second-order valence-electron chi connectivity index (χ2n) is 6.33. The van der Waals surface area contributed by atoms with E-state index in [4.69, 9.17) is 0 Å². The second kappa shape index (κ2) is 7.58. The third-order valence-electron chi connectivity index (χ3n) is 3.32. The highest BCUT2D eigenvalue weighted by molar-refractivity contribution is 5.18. The molecule has 1 atom stereocenters. The van der Waals surface area contributed by atoms with Gasteiger partial charge in [0.2, 0.25) is 0 Å². The van der Waals surface area contributed by atoms with Gasteiger partial charge in [-0.2, -0.15) is 0 Å². The normalized spacial score (nSPS) is 13.6. The number of unbranched alkanes of at least 4 members (excludes halogenated alkanes) is 1. The Morgan fingerprint density at radius 2 is 1.72 bits per heavy atom. The molecule has 0 radical (unpaired) electrons. The molecule has 0 saturated heterocycles. The van der Waals surface area contributed by atoms with Crippen LogP contribution < -0.4 is 5.32 Å². The Kier molecular flexibility index (Phi) is 6.42. The lowest BCUT2D eigenvalue weighted by molar-refractivity contribution is 0.350. The second-order valence-corrected chi connectivity index (χ2v) is 6.33. The molecule has 102 valence electrons. The predicted molar refractivity (Wildman–Crippen MR) is 80.8 cm³/mol. The van der Waals surface area contributed by atoms with Crippen molar-refractivity contribution in [3.63, 3.8) is 0 Å². The molecule has 1 aromatic carbocycles. The van der Waals surface area contributed by atoms with Crippen molar-refractivity contribution in [3.8, 4) is 0 Å². The molecule has 1 aromatic rings. The van der Waals surface area contributed by atoms with Gasteiger partial charge in [-0.25, -0.2) is 0 Å². The zero-order valence-corrected chi connectivity index (χ0v) is 12.5. The van der Waals surface area contributed by atoms with Gasteiger partial charge >= 0.3 is 0 Å². The van der Waals surface area contributed by atoms with E-state index in [2.05, 4.69) is 63.3 Å². The Hall–Kier alpha value is -0.820. The summed E-state index contributed by atoms with van der Waals surface area (Å²) in [4.78, 5) is 0. The fourth-order valence-electron chi connectivity index (χ4n) is 2.32. The minimum atomic E-state index is 0.473. The van der Waals surface area contributed by atoms with Crippen LogP contribution in [0.5, 0.6) is 0 Å². The van der Waals surface area contributed by atoms with E-state index in [1.165, 1.54) is 31.2 Å². The molecule has 1 N–H and O–H groups in total. The summed E-state index contributed by atoms with van der Waals surface area (Å²) >= 11 is 0. The molecule has 1 unspecified atom stereocenters. The summed E-state index contributed by atoms with van der Waals surface area (Å²) in [6.07, 6.45) is 5.20. The van der Waals surface area contributed by atoms with Gasteiger partial charge in [0.15, 0.2) is 0 Å². The highest BCUT2D eigenvalue weighted by Crippen LogP contribution is 2.25. The lowest BCUT2D eigenvalue weighted by Gasteiger charge is -2.21. The molecule has 0 bridgehead atoms. The van der Waals surface area contributed by atoms with Gasteiger partial charge in [-0.3, -0.25) is 0 Å². The maximum Gasteiger partial charge on any atom is 0.0320 e. The first kappa shape index (κ1) is 15.2. The quantitative estimate of drug-likeness (QED) is 0.673. The van der Waals surface area contributed by atoms with E-state index in [-0.39, 0.29) is 0 Å². The monoisotopic (exact) mass is 247 g/mol. The van der Waals surface area contributed by atoms with Gasteiger partial charge in [-0.05, 0) is 30.4 Å². The van der Waals surface area contributed by atoms with Crippen LogP contribution in [0.1, 0.15) is 65.0 Å². The molecule has 0 spiro atoms. The fraction of sp³-hybridized carbons (Fsp3) is 0.647. The van der Waals surface area contributed by atoms with Crippen molar-refractivity contribution in [3.05, 3.63) is 35.9 Å². The molecular weight excluding hydrogens is 218 g/mol. The van der Waals surface area contributed by atoms with E-state index in [0.29, 0.717) is 11.5 Å². The van der Waals surface area contributed by atoms with Gasteiger partial charge in [-0.15, -0.1) is 0 Å². The van der Waals surface area contributed by atoms with E-state index in [9.17, 15) is 0 Å². The summed E-state index contributed by atoms with van der Waals surface area (Å²) in [7, 11) is 0. The number of hydrogen-bond donors (Lipinski definition) is 1. The van der Waals surface area contributed by atoms with E-state index in [0.717, 1.165) is 6.54 Å². The van der Waals surface area contributed by atoms with Crippen LogP contribution in [0.2, 0.25) is 0 Å². The highest BCUT2D eigenvalue weighted by atomic mass is 14.9. The van der Waals surface area contributed by atoms with E-state index < -0.39 is 0 Å². The van der Waals surface area contributed by atoms with Gasteiger partial charge in [0.25, 0.3) is 0 Å². The fourth-order valence-corrected chi connectivity index (χ4v) is 2.32. The Morgan fingerprint density at radius 3 is 2.28 bits per heavy atom. The average molecular weight is 247 g/mol. The Bertz CT molecular complexity index is 310. The number of rotatable bonds is 7. The molecule has 0 aromatic heterocycles. The molecule has 1 nitrogen and oxygen atoms in total. The summed E-state index contributed by atoms with van der Waals surface area (Å²) in [6.45, 7) is 10.2. The summed E-state index contributed by atoms with van der Waals surface area (Å²) in [6, 6.07) is 11.3. The van der Waals surface area contributed by atoms with Crippen LogP contribution >= 0.6 is 0 Å². The van der Waals surface area contributed by atoms with Gasteiger partial charge in [0, 0.05) is 6.04 Å². The molecule has 0 aliphatic carbocycles. The lowest BCUT2D eigenvalue weighted by Crippen LogP contribution is -2.20. The van der Waals surface area contributed by atoms with Crippen molar-refractivity contribution in [1.82, 2.24) is 5.32 Å². The van der Waals surface area contributed by atoms with Gasteiger partial charge < -0.3 is 5.32 Å². The first-order valence-electron chi connectivity index (χ1n) is 7.31. The Labute approximate surface area is 113 Å². The molecule has 1 heteroatoms. The van der Waals surface area contributed by atoms with Crippen LogP contribution in [0.3, 0.4) is 0 Å². The molecule has 0 aliphatic heterocycles. The third-order valence-corrected chi connectivity index (χ3v) is 3.32. The first-order valence-corrected chi connectivity index (χ1v) is 7.31. The third kappa shape index (κ3) is 6.20. The smallest absolute Gasteiger partial charge is 0.0320 e. The zero-order chi connectivity index (χ0) is 13.4. The summed E-state index contributed by atoms with van der Waals surface area (Å²) < 4.78 is 0. The molecule has 0 amide bonds. The van der Waals surface area contributed by atoms with Crippen molar-refractivity contribution in [2.24, 2.45) is 5.41 Å². The van der Waals surface area contributed by atoms with E-state index in [1.54, 1.807) is 0 Å². The van der Waals surface area contributed by atoms with E-state index in [1.807, 2.05) is 0 Å². The van der Waals surface area contributed by atoms with Crippen LogP contribution in [0, 0.1) is 5.41 Å². The Balaban J connectivity index is 2.40. The number of hydrogen-bond acceptors (Lipinski definition) is 1. The average Bonchev–Trinajstić information content (AvgIpc) is 2.33.